The molecule has 1 aromatic rings. The van der Waals surface area contributed by atoms with E-state index in [9.17, 15) is 63.3 Å². The minimum Gasteiger partial charge on any atom is -0.508 e. The van der Waals surface area contributed by atoms with E-state index in [0.29, 0.717) is 5.56 Å². The molecule has 57 heavy (non-hydrogen) atoms. The van der Waals surface area contributed by atoms with Crippen LogP contribution in [0.15, 0.2) is 24.3 Å². The van der Waals surface area contributed by atoms with Gasteiger partial charge < -0.3 is 64.4 Å². The van der Waals surface area contributed by atoms with Gasteiger partial charge in [0, 0.05) is 19.3 Å². The lowest BCUT2D eigenvalue weighted by molar-refractivity contribution is -0.142. The van der Waals surface area contributed by atoms with E-state index in [1.165, 1.54) is 52.0 Å². The number of hydrogen-bond acceptors (Lipinski definition) is 12. The second-order valence-corrected chi connectivity index (χ2v) is 13.8. The summed E-state index contributed by atoms with van der Waals surface area (Å²) in [7, 11) is 0. The van der Waals surface area contributed by atoms with Crippen LogP contribution in [-0.4, -0.2) is 117 Å². The molecule has 0 heterocycles. The highest BCUT2D eigenvalue weighted by Crippen LogP contribution is 2.12. The zero-order chi connectivity index (χ0) is 43.6. The van der Waals surface area contributed by atoms with Crippen molar-refractivity contribution in [3.05, 3.63) is 29.8 Å². The third kappa shape index (κ3) is 18.2. The third-order valence-electron chi connectivity index (χ3n) is 8.29. The molecule has 0 bridgehead atoms. The molecule has 1 rings (SSSR count). The standard InChI is InChI=1S/C35H53N9O13/c1-16(2)28(33(54)39-15-26(48)40-23(35(56)57)13-18-5-7-19(45)8-6-18)44-31(52)21(10-12-25(38)47)41-32(53)22(14-27(49)50)42-34(55)29(17(3)4)43-30(51)20(36)9-11-24(37)46/h5-8,16-17,20-23,28-29,45H,9-15,36H2,1-4H3,(H2,37,46)(H2,38,47)(H,39,54)(H,40,48)(H,41,53)(H,42,55)(H,43,51)(H,44,52)(H,49,50)(H,56,57)/t20-,21-,22-,23-,28-,29-/m0/s1. The lowest BCUT2D eigenvalue weighted by Gasteiger charge is -2.28. The van der Waals surface area contributed by atoms with Gasteiger partial charge >= 0.3 is 11.9 Å². The Morgan fingerprint density at radius 1 is 0.614 bits per heavy atom. The Morgan fingerprint density at radius 2 is 1.11 bits per heavy atom. The SMILES string of the molecule is CC(C)[C@H](NC(=O)[C@H](CCC(N)=O)NC(=O)[C@H](CC(=O)O)NC(=O)[C@@H](NC(=O)[C@@H](N)CCC(N)=O)C(C)C)C(=O)NCC(=O)N[C@@H](Cc1ccc(O)cc1)C(=O)O. The summed E-state index contributed by atoms with van der Waals surface area (Å²) in [5, 5.41) is 42.4. The van der Waals surface area contributed by atoms with Crippen LogP contribution in [0.2, 0.25) is 0 Å². The predicted octanol–water partition coefficient (Wildman–Crippen LogP) is -3.80. The van der Waals surface area contributed by atoms with E-state index in [2.05, 4.69) is 31.9 Å². The molecule has 316 valence electrons. The highest BCUT2D eigenvalue weighted by Gasteiger charge is 2.34. The van der Waals surface area contributed by atoms with Gasteiger partial charge in [-0.05, 0) is 42.4 Å². The fraction of sp³-hybridized carbons (Fsp3) is 0.543. The van der Waals surface area contributed by atoms with E-state index >= 15 is 0 Å². The summed E-state index contributed by atoms with van der Waals surface area (Å²) in [6, 6.07) is -3.13. The van der Waals surface area contributed by atoms with Crippen LogP contribution >= 0.6 is 0 Å². The molecular weight excluding hydrogens is 754 g/mol. The molecule has 0 aliphatic heterocycles. The molecule has 0 aromatic heterocycles. The van der Waals surface area contributed by atoms with Crippen molar-refractivity contribution in [2.75, 3.05) is 6.54 Å². The normalized spacial score (nSPS) is 14.1. The van der Waals surface area contributed by atoms with Crippen LogP contribution < -0.4 is 49.1 Å². The van der Waals surface area contributed by atoms with Gasteiger partial charge in [0.25, 0.3) is 0 Å². The summed E-state index contributed by atoms with van der Waals surface area (Å²) in [5.74, 6) is -11.6. The molecule has 8 amide bonds. The quantitative estimate of drug-likeness (QED) is 0.0451. The first-order chi connectivity index (χ1) is 26.5. The number of primary amides is 2. The number of carbonyl (C=O) groups is 10. The summed E-state index contributed by atoms with van der Waals surface area (Å²) in [5.41, 5.74) is 16.6. The fourth-order valence-electron chi connectivity index (χ4n) is 5.08. The predicted molar refractivity (Wildman–Crippen MR) is 199 cm³/mol. The number of benzene rings is 1. The van der Waals surface area contributed by atoms with Crippen molar-refractivity contribution in [1.29, 1.82) is 0 Å². The van der Waals surface area contributed by atoms with E-state index < -0.39 is 133 Å². The Hall–Kier alpha value is -6.32. The number of aliphatic carboxylic acids is 2. The van der Waals surface area contributed by atoms with E-state index in [0.717, 1.165) is 0 Å². The van der Waals surface area contributed by atoms with Gasteiger partial charge in [0.2, 0.25) is 47.3 Å². The van der Waals surface area contributed by atoms with Gasteiger partial charge in [-0.25, -0.2) is 4.79 Å². The highest BCUT2D eigenvalue weighted by atomic mass is 16.4. The smallest absolute Gasteiger partial charge is 0.326 e. The highest BCUT2D eigenvalue weighted by molar-refractivity contribution is 5.98. The van der Waals surface area contributed by atoms with E-state index in [4.69, 9.17) is 17.2 Å². The number of phenolic OH excluding ortho intramolecular Hbond substituents is 1. The fourth-order valence-corrected chi connectivity index (χ4v) is 5.08. The molecule has 0 saturated heterocycles. The van der Waals surface area contributed by atoms with Crippen LogP contribution in [0.25, 0.3) is 0 Å². The largest absolute Gasteiger partial charge is 0.508 e. The lowest BCUT2D eigenvalue weighted by atomic mass is 10.0. The van der Waals surface area contributed by atoms with Crippen molar-refractivity contribution in [3.8, 4) is 5.75 Å². The molecule has 0 unspecified atom stereocenters. The van der Waals surface area contributed by atoms with Gasteiger partial charge in [-0.3, -0.25) is 43.2 Å². The Bertz CT molecular complexity index is 1640. The summed E-state index contributed by atoms with van der Waals surface area (Å²) in [6.07, 6.45) is -2.36. The Balaban J connectivity index is 3.11. The zero-order valence-electron chi connectivity index (χ0n) is 32.0. The second kappa shape index (κ2) is 23.6. The van der Waals surface area contributed by atoms with Crippen LogP contribution in [0, 0.1) is 11.8 Å². The minimum absolute atomic E-state index is 0.0427. The average molecular weight is 808 g/mol. The first-order valence-electron chi connectivity index (χ1n) is 17.8. The Kier molecular flexibility index (Phi) is 20.1. The number of carboxylic acids is 2. The second-order valence-electron chi connectivity index (χ2n) is 13.8. The maximum atomic E-state index is 13.5. The monoisotopic (exact) mass is 807 g/mol. The minimum atomic E-state index is -1.83. The van der Waals surface area contributed by atoms with Gasteiger partial charge in [0.15, 0.2) is 0 Å². The molecule has 0 fully saturated rings. The first-order valence-corrected chi connectivity index (χ1v) is 17.8. The number of phenols is 1. The number of amides is 8. The molecule has 0 saturated carbocycles. The zero-order valence-corrected chi connectivity index (χ0v) is 32.0. The molecule has 0 spiro atoms. The summed E-state index contributed by atoms with van der Waals surface area (Å²) >= 11 is 0. The van der Waals surface area contributed by atoms with E-state index in [-0.39, 0.29) is 25.0 Å². The molecule has 22 nitrogen and oxygen atoms in total. The molecule has 0 aliphatic rings. The summed E-state index contributed by atoms with van der Waals surface area (Å²) in [4.78, 5) is 125. The lowest BCUT2D eigenvalue weighted by Crippen LogP contribution is -2.60. The molecule has 6 atom stereocenters. The van der Waals surface area contributed by atoms with Gasteiger partial charge in [0.05, 0.1) is 19.0 Å². The molecule has 0 aliphatic carbocycles. The van der Waals surface area contributed by atoms with Crippen molar-refractivity contribution in [2.24, 2.45) is 29.0 Å². The van der Waals surface area contributed by atoms with Crippen LogP contribution in [-0.2, 0) is 54.4 Å². The van der Waals surface area contributed by atoms with Crippen molar-refractivity contribution in [2.45, 2.75) is 102 Å². The van der Waals surface area contributed by atoms with Crippen LogP contribution in [0.4, 0.5) is 0 Å². The average Bonchev–Trinajstić information content (AvgIpc) is 3.11. The van der Waals surface area contributed by atoms with E-state index in [1.54, 1.807) is 0 Å². The maximum absolute atomic E-state index is 13.5. The Morgan fingerprint density at radius 3 is 1.61 bits per heavy atom. The van der Waals surface area contributed by atoms with Crippen molar-refractivity contribution >= 4 is 59.2 Å². The van der Waals surface area contributed by atoms with Gasteiger partial charge in [-0.2, -0.15) is 0 Å². The molecule has 0 radical (unpaired) electrons. The summed E-state index contributed by atoms with van der Waals surface area (Å²) < 4.78 is 0. The number of carboxylic acid groups (broad SMARTS) is 2. The van der Waals surface area contributed by atoms with Crippen molar-refractivity contribution in [1.82, 2.24) is 31.9 Å². The number of nitrogens with one attached hydrogen (secondary N) is 6. The van der Waals surface area contributed by atoms with Gasteiger partial charge in [0.1, 0.15) is 36.0 Å². The molecule has 15 N–H and O–H groups in total. The number of rotatable bonds is 25. The number of carbonyl (C=O) groups excluding carboxylic acids is 8. The maximum Gasteiger partial charge on any atom is 0.326 e. The van der Waals surface area contributed by atoms with Gasteiger partial charge in [-0.1, -0.05) is 39.8 Å². The Labute approximate surface area is 327 Å². The van der Waals surface area contributed by atoms with Crippen molar-refractivity contribution in [3.63, 3.8) is 0 Å². The first kappa shape index (κ1) is 48.7. The van der Waals surface area contributed by atoms with E-state index in [1.807, 2.05) is 0 Å². The third-order valence-corrected chi connectivity index (χ3v) is 8.29. The van der Waals surface area contributed by atoms with Gasteiger partial charge in [-0.15, -0.1) is 0 Å². The van der Waals surface area contributed by atoms with Crippen molar-refractivity contribution < 1.29 is 63.3 Å². The van der Waals surface area contributed by atoms with Crippen LogP contribution in [0.1, 0.15) is 65.4 Å². The topological polar surface area (TPSA) is 382 Å². The number of nitrogens with two attached hydrogens (primary N) is 3. The van der Waals surface area contributed by atoms with Crippen LogP contribution in [0.3, 0.4) is 0 Å². The number of aromatic hydroxyl groups is 1. The van der Waals surface area contributed by atoms with Crippen LogP contribution in [0.5, 0.6) is 5.75 Å². The molecule has 1 aromatic carbocycles. The summed E-state index contributed by atoms with van der Waals surface area (Å²) in [6.45, 7) is 5.44. The molecular formula is C35H53N9O13. The number of hydrogen-bond donors (Lipinski definition) is 12. The molecule has 22 heteroatoms.